The lowest BCUT2D eigenvalue weighted by molar-refractivity contribution is -0.115. The molecule has 0 saturated carbocycles. The van der Waals surface area contributed by atoms with E-state index >= 15 is 0 Å². The van der Waals surface area contributed by atoms with E-state index in [0.717, 1.165) is 37.2 Å². The summed E-state index contributed by atoms with van der Waals surface area (Å²) in [6.45, 7) is 1.86. The molecule has 0 spiro atoms. The number of amides is 2. The van der Waals surface area contributed by atoms with Gasteiger partial charge in [0.15, 0.2) is 0 Å². The number of benzene rings is 1. The summed E-state index contributed by atoms with van der Waals surface area (Å²) in [7, 11) is 0. The van der Waals surface area contributed by atoms with Crippen LogP contribution in [0.3, 0.4) is 0 Å². The molecule has 1 atom stereocenters. The fourth-order valence-electron chi connectivity index (χ4n) is 2.78. The van der Waals surface area contributed by atoms with Gasteiger partial charge < -0.3 is 16.0 Å². The van der Waals surface area contributed by atoms with Crippen molar-refractivity contribution in [3.05, 3.63) is 29.3 Å². The van der Waals surface area contributed by atoms with Crippen LogP contribution >= 0.6 is 0 Å². The molecule has 2 heterocycles. The smallest absolute Gasteiger partial charge is 0.251 e. The minimum absolute atomic E-state index is 0.00877. The number of carbonyl (C=O) groups is 2. The van der Waals surface area contributed by atoms with Crippen molar-refractivity contribution in [2.45, 2.75) is 31.7 Å². The molecule has 1 saturated heterocycles. The molecule has 5 heteroatoms. The number of anilines is 1. The van der Waals surface area contributed by atoms with Crippen molar-refractivity contribution in [3.63, 3.8) is 0 Å². The van der Waals surface area contributed by atoms with Crippen LogP contribution in [0.4, 0.5) is 5.69 Å². The molecule has 20 heavy (non-hydrogen) atoms. The van der Waals surface area contributed by atoms with Crippen molar-refractivity contribution in [1.82, 2.24) is 10.6 Å². The van der Waals surface area contributed by atoms with Crippen molar-refractivity contribution in [3.8, 4) is 0 Å². The van der Waals surface area contributed by atoms with Crippen LogP contribution in [0.1, 0.15) is 35.2 Å². The Hall–Kier alpha value is -1.88. The topological polar surface area (TPSA) is 70.2 Å². The van der Waals surface area contributed by atoms with Gasteiger partial charge in [0.05, 0.1) is 6.42 Å². The summed E-state index contributed by atoms with van der Waals surface area (Å²) in [4.78, 5) is 23.6. The van der Waals surface area contributed by atoms with E-state index < -0.39 is 0 Å². The average molecular weight is 273 g/mol. The first-order valence-corrected chi connectivity index (χ1v) is 7.17. The van der Waals surface area contributed by atoms with Gasteiger partial charge in [-0.25, -0.2) is 0 Å². The van der Waals surface area contributed by atoms with E-state index in [4.69, 9.17) is 0 Å². The molecule has 106 valence electrons. The molecule has 0 aliphatic carbocycles. The molecule has 1 fully saturated rings. The molecule has 0 aromatic heterocycles. The second-order valence-electron chi connectivity index (χ2n) is 5.47. The van der Waals surface area contributed by atoms with Gasteiger partial charge in [0.2, 0.25) is 5.91 Å². The van der Waals surface area contributed by atoms with E-state index in [1.807, 2.05) is 6.07 Å². The molecular weight excluding hydrogens is 254 g/mol. The lowest BCUT2D eigenvalue weighted by Gasteiger charge is -2.16. The van der Waals surface area contributed by atoms with E-state index in [1.165, 1.54) is 6.42 Å². The first-order chi connectivity index (χ1) is 9.72. The Balaban J connectivity index is 1.68. The maximum Gasteiger partial charge on any atom is 0.251 e. The minimum Gasteiger partial charge on any atom is -0.348 e. The van der Waals surface area contributed by atoms with Crippen LogP contribution in [0.15, 0.2) is 18.2 Å². The van der Waals surface area contributed by atoms with Crippen molar-refractivity contribution in [2.24, 2.45) is 0 Å². The van der Waals surface area contributed by atoms with Gasteiger partial charge in [-0.1, -0.05) is 6.42 Å². The second-order valence-corrected chi connectivity index (χ2v) is 5.47. The van der Waals surface area contributed by atoms with Crippen LogP contribution in [-0.4, -0.2) is 30.9 Å². The number of carbonyl (C=O) groups excluding carboxylic acids is 2. The Morgan fingerprint density at radius 3 is 3.10 bits per heavy atom. The van der Waals surface area contributed by atoms with Crippen LogP contribution in [0.2, 0.25) is 0 Å². The lowest BCUT2D eigenvalue weighted by Crippen LogP contribution is -2.40. The Kier molecular flexibility index (Phi) is 3.69. The molecule has 2 aliphatic heterocycles. The van der Waals surface area contributed by atoms with Gasteiger partial charge in [-0.3, -0.25) is 9.59 Å². The highest BCUT2D eigenvalue weighted by Crippen LogP contribution is 2.23. The third kappa shape index (κ3) is 2.82. The Morgan fingerprint density at radius 1 is 1.30 bits per heavy atom. The number of hydrogen-bond acceptors (Lipinski definition) is 3. The van der Waals surface area contributed by atoms with Gasteiger partial charge in [0.1, 0.15) is 0 Å². The molecule has 0 radical (unpaired) electrons. The number of hydrogen-bond donors (Lipinski definition) is 3. The maximum absolute atomic E-state index is 12.3. The summed E-state index contributed by atoms with van der Waals surface area (Å²) in [5.41, 5.74) is 2.36. The van der Waals surface area contributed by atoms with E-state index in [1.54, 1.807) is 12.1 Å². The number of rotatable bonds is 2. The predicted octanol–water partition coefficient (Wildman–Crippen LogP) is 1.05. The quantitative estimate of drug-likeness (QED) is 0.754. The highest BCUT2D eigenvalue weighted by molar-refractivity contribution is 6.01. The zero-order valence-corrected chi connectivity index (χ0v) is 11.4. The van der Waals surface area contributed by atoms with E-state index in [-0.39, 0.29) is 17.9 Å². The van der Waals surface area contributed by atoms with Crippen molar-refractivity contribution in [2.75, 3.05) is 18.4 Å². The average Bonchev–Trinajstić information content (AvgIpc) is 2.62. The Morgan fingerprint density at radius 2 is 2.20 bits per heavy atom. The van der Waals surface area contributed by atoms with Gasteiger partial charge in [0, 0.05) is 23.8 Å². The predicted molar refractivity (Wildman–Crippen MR) is 76.8 cm³/mol. The van der Waals surface area contributed by atoms with E-state index in [9.17, 15) is 9.59 Å². The van der Waals surface area contributed by atoms with Crippen LogP contribution in [-0.2, 0) is 11.2 Å². The van der Waals surface area contributed by atoms with E-state index in [0.29, 0.717) is 12.0 Å². The van der Waals surface area contributed by atoms with Crippen LogP contribution in [0, 0.1) is 0 Å². The minimum atomic E-state index is -0.0548. The van der Waals surface area contributed by atoms with Gasteiger partial charge in [0.25, 0.3) is 5.91 Å². The van der Waals surface area contributed by atoms with Crippen LogP contribution < -0.4 is 16.0 Å². The fourth-order valence-corrected chi connectivity index (χ4v) is 2.78. The maximum atomic E-state index is 12.3. The Labute approximate surface area is 118 Å². The van der Waals surface area contributed by atoms with Gasteiger partial charge in [-0.15, -0.1) is 0 Å². The molecule has 1 unspecified atom stereocenters. The summed E-state index contributed by atoms with van der Waals surface area (Å²) in [6.07, 6.45) is 3.69. The van der Waals surface area contributed by atoms with Crippen molar-refractivity contribution >= 4 is 17.5 Å². The SMILES string of the molecule is O=C1Cc2cc(C(=O)NC3CCCCNC3)ccc2N1. The van der Waals surface area contributed by atoms with Crippen LogP contribution in [0.25, 0.3) is 0 Å². The molecule has 3 N–H and O–H groups in total. The molecule has 2 amide bonds. The van der Waals surface area contributed by atoms with E-state index in [2.05, 4.69) is 16.0 Å². The molecular formula is C15H19N3O2. The first-order valence-electron chi connectivity index (χ1n) is 7.17. The summed E-state index contributed by atoms with van der Waals surface area (Å²) >= 11 is 0. The number of fused-ring (bicyclic) bond motifs is 1. The van der Waals surface area contributed by atoms with Gasteiger partial charge in [-0.05, 0) is 43.1 Å². The van der Waals surface area contributed by atoms with Crippen molar-refractivity contribution < 1.29 is 9.59 Å². The second kappa shape index (κ2) is 5.63. The largest absolute Gasteiger partial charge is 0.348 e. The lowest BCUT2D eigenvalue weighted by atomic mass is 10.1. The number of nitrogens with one attached hydrogen (secondary N) is 3. The summed E-state index contributed by atoms with van der Waals surface area (Å²) in [5, 5.41) is 9.18. The molecule has 1 aromatic rings. The fraction of sp³-hybridized carbons (Fsp3) is 0.467. The summed E-state index contributed by atoms with van der Waals surface area (Å²) < 4.78 is 0. The van der Waals surface area contributed by atoms with Crippen molar-refractivity contribution in [1.29, 1.82) is 0 Å². The van der Waals surface area contributed by atoms with Gasteiger partial charge >= 0.3 is 0 Å². The van der Waals surface area contributed by atoms with Gasteiger partial charge in [-0.2, -0.15) is 0 Å². The zero-order chi connectivity index (χ0) is 13.9. The highest BCUT2D eigenvalue weighted by Gasteiger charge is 2.20. The third-order valence-electron chi connectivity index (χ3n) is 3.87. The zero-order valence-electron chi connectivity index (χ0n) is 11.4. The standard InChI is InChI=1S/C15H19N3O2/c19-14-8-11-7-10(4-5-13(11)18-14)15(20)17-12-3-1-2-6-16-9-12/h4-5,7,12,16H,1-3,6,8-9H2,(H,17,20)(H,18,19). The molecule has 0 bridgehead atoms. The Bertz CT molecular complexity index is 534. The third-order valence-corrected chi connectivity index (χ3v) is 3.87. The first kappa shape index (κ1) is 13.1. The monoisotopic (exact) mass is 273 g/mol. The molecule has 1 aromatic carbocycles. The summed E-state index contributed by atoms with van der Waals surface area (Å²) in [6, 6.07) is 5.58. The molecule has 5 nitrogen and oxygen atoms in total. The van der Waals surface area contributed by atoms with Crippen LogP contribution in [0.5, 0.6) is 0 Å². The normalized spacial score (nSPS) is 21.8. The molecule has 2 aliphatic rings. The molecule has 3 rings (SSSR count). The summed E-state index contributed by atoms with van der Waals surface area (Å²) in [5.74, 6) is -0.0635. The highest BCUT2D eigenvalue weighted by atomic mass is 16.2.